The fraction of sp³-hybridized carbons (Fsp3) is 0.167. The molecule has 0 amide bonds. The predicted octanol–water partition coefficient (Wildman–Crippen LogP) is 2.52. The normalized spacial score (nSPS) is 10.1. The van der Waals surface area contributed by atoms with Gasteiger partial charge in [0.1, 0.15) is 17.8 Å². The van der Waals surface area contributed by atoms with E-state index in [0.29, 0.717) is 16.5 Å². The number of hydrogen-bond donors (Lipinski definition) is 1. The van der Waals surface area contributed by atoms with Crippen molar-refractivity contribution >= 4 is 17.3 Å². The maximum absolute atomic E-state index is 5.94. The van der Waals surface area contributed by atoms with Gasteiger partial charge in [-0.3, -0.25) is 0 Å². The smallest absolute Gasteiger partial charge is 0.249 e. The van der Waals surface area contributed by atoms with Crippen LogP contribution in [0.15, 0.2) is 24.5 Å². The second-order valence-corrected chi connectivity index (χ2v) is 3.97. The average molecular weight is 282 g/mol. The van der Waals surface area contributed by atoms with E-state index in [1.54, 1.807) is 18.2 Å². The molecule has 0 radical (unpaired) electrons. The van der Waals surface area contributed by atoms with E-state index in [4.69, 9.17) is 31.5 Å². The minimum Gasteiger partial charge on any atom is -0.497 e. The molecule has 0 bridgehead atoms. The average Bonchev–Trinajstić information content (AvgIpc) is 2.40. The van der Waals surface area contributed by atoms with Crippen LogP contribution in [-0.2, 0) is 0 Å². The molecule has 0 unspecified atom stereocenters. The van der Waals surface area contributed by atoms with Crippen LogP contribution < -0.4 is 19.9 Å². The van der Waals surface area contributed by atoms with Gasteiger partial charge in [-0.05, 0) is 12.1 Å². The highest BCUT2D eigenvalue weighted by Gasteiger charge is 2.11. The fourth-order valence-corrected chi connectivity index (χ4v) is 1.65. The third-order valence-electron chi connectivity index (χ3n) is 2.30. The number of nitrogens with zero attached hydrogens (tertiary/aromatic N) is 2. The summed E-state index contributed by atoms with van der Waals surface area (Å²) in [5, 5.41) is 0.481. The molecule has 2 rings (SSSR count). The number of methoxy groups -OCH3 is 2. The van der Waals surface area contributed by atoms with Crippen molar-refractivity contribution in [3.8, 4) is 23.3 Å². The summed E-state index contributed by atoms with van der Waals surface area (Å²) in [7, 11) is 3.00. The van der Waals surface area contributed by atoms with E-state index in [0.717, 1.165) is 0 Å². The Morgan fingerprint density at radius 1 is 1.00 bits per heavy atom. The van der Waals surface area contributed by atoms with Gasteiger partial charge >= 0.3 is 0 Å². The van der Waals surface area contributed by atoms with E-state index in [-0.39, 0.29) is 17.4 Å². The molecule has 2 N–H and O–H groups in total. The Kier molecular flexibility index (Phi) is 3.91. The Bertz CT molecular complexity index is 592. The monoisotopic (exact) mass is 281 g/mol. The van der Waals surface area contributed by atoms with Crippen LogP contribution in [0.5, 0.6) is 23.3 Å². The van der Waals surface area contributed by atoms with E-state index in [9.17, 15) is 0 Å². The molecule has 0 atom stereocenters. The van der Waals surface area contributed by atoms with E-state index >= 15 is 0 Å². The third kappa shape index (κ3) is 2.97. The molecule has 0 aliphatic rings. The highest BCUT2D eigenvalue weighted by Crippen LogP contribution is 2.33. The van der Waals surface area contributed by atoms with E-state index in [1.807, 2.05) is 0 Å². The molecule has 100 valence electrons. The van der Waals surface area contributed by atoms with Gasteiger partial charge < -0.3 is 19.9 Å². The lowest BCUT2D eigenvalue weighted by molar-refractivity contribution is 0.390. The fourth-order valence-electron chi connectivity index (χ4n) is 1.43. The van der Waals surface area contributed by atoms with Gasteiger partial charge in [0, 0.05) is 11.1 Å². The molecule has 0 saturated carbocycles. The summed E-state index contributed by atoms with van der Waals surface area (Å²) in [5.41, 5.74) is 6.02. The minimum atomic E-state index is 0.191. The topological polar surface area (TPSA) is 79.5 Å². The van der Waals surface area contributed by atoms with Crippen LogP contribution in [0.4, 0.5) is 5.69 Å². The maximum atomic E-state index is 5.94. The highest BCUT2D eigenvalue weighted by atomic mass is 35.5. The van der Waals surface area contributed by atoms with Crippen LogP contribution in [-0.4, -0.2) is 24.2 Å². The molecule has 1 heterocycles. The SMILES string of the molecule is COc1cc(Cl)cc(Oc2ncnc(OC)c2N)c1. The number of hydrogen-bond acceptors (Lipinski definition) is 6. The molecule has 7 heteroatoms. The number of ether oxygens (including phenoxy) is 3. The van der Waals surface area contributed by atoms with E-state index in [1.165, 1.54) is 20.5 Å². The molecule has 0 aliphatic carbocycles. The number of anilines is 1. The van der Waals surface area contributed by atoms with Crippen molar-refractivity contribution in [1.29, 1.82) is 0 Å². The quantitative estimate of drug-likeness (QED) is 0.927. The Morgan fingerprint density at radius 3 is 2.37 bits per heavy atom. The summed E-state index contributed by atoms with van der Waals surface area (Å²) in [6.07, 6.45) is 1.30. The zero-order chi connectivity index (χ0) is 13.8. The molecular formula is C12H12ClN3O3. The van der Waals surface area contributed by atoms with Gasteiger partial charge in [0.15, 0.2) is 5.69 Å². The van der Waals surface area contributed by atoms with Crippen LogP contribution in [0.3, 0.4) is 0 Å². The summed E-state index contributed by atoms with van der Waals surface area (Å²) in [4.78, 5) is 7.81. The van der Waals surface area contributed by atoms with Gasteiger partial charge in [-0.1, -0.05) is 11.6 Å². The van der Waals surface area contributed by atoms with Crippen LogP contribution in [0.1, 0.15) is 0 Å². The molecule has 2 aromatic rings. The maximum Gasteiger partial charge on any atom is 0.249 e. The number of aromatic nitrogens is 2. The minimum absolute atomic E-state index is 0.191. The molecule has 19 heavy (non-hydrogen) atoms. The largest absolute Gasteiger partial charge is 0.497 e. The Hall–Kier alpha value is -2.21. The lowest BCUT2D eigenvalue weighted by atomic mass is 10.3. The predicted molar refractivity (Wildman–Crippen MR) is 71.1 cm³/mol. The lowest BCUT2D eigenvalue weighted by Crippen LogP contribution is -2.00. The second-order valence-electron chi connectivity index (χ2n) is 3.53. The highest BCUT2D eigenvalue weighted by molar-refractivity contribution is 6.30. The van der Waals surface area contributed by atoms with Crippen LogP contribution in [0.2, 0.25) is 5.02 Å². The van der Waals surface area contributed by atoms with Crippen molar-refractivity contribution in [1.82, 2.24) is 9.97 Å². The molecule has 1 aromatic heterocycles. The van der Waals surface area contributed by atoms with Gasteiger partial charge in [0.05, 0.1) is 14.2 Å². The number of nitrogens with two attached hydrogens (primary N) is 1. The van der Waals surface area contributed by atoms with Crippen molar-refractivity contribution in [2.45, 2.75) is 0 Å². The standard InChI is InChI=1S/C12H12ClN3O3/c1-17-8-3-7(13)4-9(5-8)19-12-10(14)11(18-2)15-6-16-12/h3-6H,14H2,1-2H3. The molecule has 0 fully saturated rings. The van der Waals surface area contributed by atoms with Crippen molar-refractivity contribution in [3.05, 3.63) is 29.5 Å². The molecule has 6 nitrogen and oxygen atoms in total. The first-order chi connectivity index (χ1) is 9.13. The summed E-state index contributed by atoms with van der Waals surface area (Å²) in [5.74, 6) is 1.47. The first kappa shape index (κ1) is 13.2. The van der Waals surface area contributed by atoms with Crippen LogP contribution in [0.25, 0.3) is 0 Å². The van der Waals surface area contributed by atoms with Crippen LogP contribution in [0, 0.1) is 0 Å². The molecule has 1 aromatic carbocycles. The number of halogens is 1. The van der Waals surface area contributed by atoms with Crippen LogP contribution >= 0.6 is 11.6 Å². The van der Waals surface area contributed by atoms with Crippen molar-refractivity contribution in [2.75, 3.05) is 20.0 Å². The first-order valence-electron chi connectivity index (χ1n) is 5.31. The number of rotatable bonds is 4. The molecule has 0 aliphatic heterocycles. The Balaban J connectivity index is 2.33. The Labute approximate surface area is 115 Å². The zero-order valence-electron chi connectivity index (χ0n) is 10.4. The third-order valence-corrected chi connectivity index (χ3v) is 2.52. The van der Waals surface area contributed by atoms with Gasteiger partial charge in [-0.15, -0.1) is 0 Å². The van der Waals surface area contributed by atoms with Crippen molar-refractivity contribution < 1.29 is 14.2 Å². The van der Waals surface area contributed by atoms with E-state index in [2.05, 4.69) is 9.97 Å². The van der Waals surface area contributed by atoms with Crippen molar-refractivity contribution in [2.24, 2.45) is 0 Å². The van der Waals surface area contributed by atoms with Crippen molar-refractivity contribution in [3.63, 3.8) is 0 Å². The second kappa shape index (κ2) is 5.62. The molecule has 0 spiro atoms. The van der Waals surface area contributed by atoms with E-state index < -0.39 is 0 Å². The van der Waals surface area contributed by atoms with Gasteiger partial charge in [0.25, 0.3) is 0 Å². The van der Waals surface area contributed by atoms with Gasteiger partial charge in [-0.25, -0.2) is 0 Å². The lowest BCUT2D eigenvalue weighted by Gasteiger charge is -2.10. The first-order valence-corrected chi connectivity index (χ1v) is 5.68. The summed E-state index contributed by atoms with van der Waals surface area (Å²) in [6, 6.07) is 4.95. The van der Waals surface area contributed by atoms with Gasteiger partial charge in [-0.2, -0.15) is 9.97 Å². The summed E-state index contributed by atoms with van der Waals surface area (Å²) >= 11 is 5.94. The molecule has 0 saturated heterocycles. The zero-order valence-corrected chi connectivity index (χ0v) is 11.1. The summed E-state index contributed by atoms with van der Waals surface area (Å²) < 4.78 is 15.6. The molecular weight excluding hydrogens is 270 g/mol. The number of nitrogen functional groups attached to an aromatic ring is 1. The van der Waals surface area contributed by atoms with Gasteiger partial charge in [0.2, 0.25) is 11.8 Å². The summed E-state index contributed by atoms with van der Waals surface area (Å²) in [6.45, 7) is 0. The Morgan fingerprint density at radius 2 is 1.68 bits per heavy atom. The number of benzene rings is 1.